The number of aryl methyl sites for hydroxylation is 1. The molecule has 0 amide bonds. The molecule has 0 atom stereocenters. The maximum atomic E-state index is 10.0. The summed E-state index contributed by atoms with van der Waals surface area (Å²) in [6, 6.07) is 0. The van der Waals surface area contributed by atoms with Crippen LogP contribution in [0.5, 0.6) is 0 Å². The van der Waals surface area contributed by atoms with Crippen LogP contribution in [0.2, 0.25) is 0 Å². The summed E-state index contributed by atoms with van der Waals surface area (Å²) in [4.78, 5) is 0. The lowest BCUT2D eigenvalue weighted by molar-refractivity contribution is 0.184. The number of hydrogen-bond donors (Lipinski definition) is 0. The molecule has 0 spiro atoms. The smallest absolute Gasteiger partial charge is 0.0823 e. The van der Waals surface area contributed by atoms with Gasteiger partial charge < -0.3 is 0 Å². The second-order valence-corrected chi connectivity index (χ2v) is 2.08. The van der Waals surface area contributed by atoms with Crippen molar-refractivity contribution in [3.05, 3.63) is 12.4 Å². The topological polar surface area (TPSA) is 50.6 Å². The van der Waals surface area contributed by atoms with Crippen LogP contribution in [-0.2, 0) is 11.7 Å². The highest BCUT2D eigenvalue weighted by Gasteiger charge is 1.89. The van der Waals surface area contributed by atoms with E-state index >= 15 is 0 Å². The molecule has 1 aromatic heterocycles. The van der Waals surface area contributed by atoms with Crippen molar-refractivity contribution in [1.29, 1.82) is 0 Å². The van der Waals surface area contributed by atoms with Crippen LogP contribution in [0.4, 0.5) is 0 Å². The van der Waals surface area contributed by atoms with Crippen molar-refractivity contribution in [3.63, 3.8) is 0 Å². The van der Waals surface area contributed by atoms with Gasteiger partial charge in [0.1, 0.15) is 0 Å². The molecule has 0 bridgehead atoms. The molecule has 1 aromatic rings. The summed E-state index contributed by atoms with van der Waals surface area (Å²) in [5, 5.41) is 17.4. The monoisotopic (exact) mass is 140 g/mol. The second kappa shape index (κ2) is 4.00. The van der Waals surface area contributed by atoms with Crippen molar-refractivity contribution in [2.24, 2.45) is 0 Å². The molecule has 10 heavy (non-hydrogen) atoms. The first kappa shape index (κ1) is 7.21. The van der Waals surface area contributed by atoms with Gasteiger partial charge in [0.2, 0.25) is 0 Å². The number of hydrogen-bond acceptors (Lipinski definition) is 2. The molecule has 0 aromatic carbocycles. The van der Waals surface area contributed by atoms with Gasteiger partial charge in [-0.1, -0.05) is 5.21 Å². The Kier molecular flexibility index (Phi) is 2.89. The van der Waals surface area contributed by atoms with E-state index in [2.05, 4.69) is 10.3 Å². The molecule has 0 aliphatic heterocycles. The number of unbranched alkanes of at least 4 members (excludes halogenated alkanes) is 1. The van der Waals surface area contributed by atoms with E-state index in [0.29, 0.717) is 0 Å². The van der Waals surface area contributed by atoms with E-state index < -0.39 is 0 Å². The highest BCUT2D eigenvalue weighted by atomic mass is 16.2. The van der Waals surface area contributed by atoms with Crippen molar-refractivity contribution >= 4 is 0 Å². The first-order chi connectivity index (χ1) is 4.93. The Morgan fingerprint density at radius 3 is 2.90 bits per heavy atom. The molecule has 0 fully saturated rings. The average molecular weight is 140 g/mol. The van der Waals surface area contributed by atoms with Crippen LogP contribution < -0.4 is 0 Å². The number of rotatable bonds is 4. The highest BCUT2D eigenvalue weighted by Crippen LogP contribution is 1.91. The number of aromatic nitrogens is 3. The third kappa shape index (κ3) is 2.14. The zero-order valence-corrected chi connectivity index (χ0v) is 5.73. The maximum absolute atomic E-state index is 10.0. The van der Waals surface area contributed by atoms with E-state index in [1.54, 1.807) is 17.1 Å². The van der Waals surface area contributed by atoms with Crippen molar-refractivity contribution in [2.75, 3.05) is 6.61 Å². The van der Waals surface area contributed by atoms with E-state index in [1.807, 2.05) is 0 Å². The largest absolute Gasteiger partial charge is 0.253 e. The van der Waals surface area contributed by atoms with Crippen LogP contribution >= 0.6 is 0 Å². The first-order valence-electron chi connectivity index (χ1n) is 3.35. The number of nitrogens with zero attached hydrogens (tertiary/aromatic N) is 3. The van der Waals surface area contributed by atoms with Crippen LogP contribution in [0.1, 0.15) is 12.8 Å². The summed E-state index contributed by atoms with van der Waals surface area (Å²) < 4.78 is 1.73. The van der Waals surface area contributed by atoms with Gasteiger partial charge in [0.15, 0.2) is 0 Å². The molecule has 0 saturated heterocycles. The van der Waals surface area contributed by atoms with E-state index in [9.17, 15) is 5.11 Å². The van der Waals surface area contributed by atoms with Gasteiger partial charge in [0.05, 0.1) is 12.8 Å². The standard InChI is InChI=1S/C6H10N3O/c10-6-2-1-4-9-5-3-7-8-9/h3,5H,1-2,4,6H2. The molecule has 0 N–H and O–H groups in total. The molecular formula is C6H10N3O. The lowest BCUT2D eigenvalue weighted by Crippen LogP contribution is -1.99. The predicted octanol–water partition coefficient (Wildman–Crippen LogP) is 0.489. The molecule has 0 saturated carbocycles. The van der Waals surface area contributed by atoms with Gasteiger partial charge in [-0.25, -0.2) is 5.11 Å². The Morgan fingerprint density at radius 1 is 1.40 bits per heavy atom. The normalized spacial score (nSPS) is 10.1. The zero-order chi connectivity index (χ0) is 7.23. The third-order valence-corrected chi connectivity index (χ3v) is 1.25. The molecule has 1 radical (unpaired) electrons. The molecule has 0 aliphatic rings. The fourth-order valence-electron chi connectivity index (χ4n) is 0.728. The summed E-state index contributed by atoms with van der Waals surface area (Å²) in [6.45, 7) is 0.816. The highest BCUT2D eigenvalue weighted by molar-refractivity contribution is 4.63. The molecule has 1 rings (SSSR count). The summed E-state index contributed by atoms with van der Waals surface area (Å²) in [7, 11) is 0. The van der Waals surface area contributed by atoms with E-state index in [1.165, 1.54) is 0 Å². The summed E-state index contributed by atoms with van der Waals surface area (Å²) in [6.07, 6.45) is 5.05. The molecule has 4 heteroatoms. The fraction of sp³-hybridized carbons (Fsp3) is 0.667. The minimum atomic E-state index is 0.00863. The minimum absolute atomic E-state index is 0.00863. The Bertz CT molecular complexity index is 162. The molecule has 0 unspecified atom stereocenters. The summed E-state index contributed by atoms with van der Waals surface area (Å²) in [5.41, 5.74) is 0. The van der Waals surface area contributed by atoms with E-state index in [0.717, 1.165) is 19.4 Å². The van der Waals surface area contributed by atoms with Crippen LogP contribution in [0, 0.1) is 0 Å². The fourth-order valence-corrected chi connectivity index (χ4v) is 0.728. The maximum Gasteiger partial charge on any atom is 0.0823 e. The van der Waals surface area contributed by atoms with E-state index in [-0.39, 0.29) is 6.61 Å². The Labute approximate surface area is 59.5 Å². The Morgan fingerprint density at radius 2 is 2.30 bits per heavy atom. The van der Waals surface area contributed by atoms with Crippen LogP contribution in [0.25, 0.3) is 0 Å². The van der Waals surface area contributed by atoms with E-state index in [4.69, 9.17) is 0 Å². The van der Waals surface area contributed by atoms with Gasteiger partial charge >= 0.3 is 0 Å². The van der Waals surface area contributed by atoms with Crippen LogP contribution in [0.3, 0.4) is 0 Å². The van der Waals surface area contributed by atoms with Gasteiger partial charge in [0, 0.05) is 12.7 Å². The Balaban J connectivity index is 2.15. The lowest BCUT2D eigenvalue weighted by Gasteiger charge is -1.95. The zero-order valence-electron chi connectivity index (χ0n) is 5.73. The van der Waals surface area contributed by atoms with Crippen molar-refractivity contribution in [1.82, 2.24) is 15.0 Å². The van der Waals surface area contributed by atoms with Crippen molar-refractivity contribution in [2.45, 2.75) is 19.4 Å². The molecular weight excluding hydrogens is 130 g/mol. The van der Waals surface area contributed by atoms with Crippen molar-refractivity contribution < 1.29 is 5.11 Å². The quantitative estimate of drug-likeness (QED) is 0.571. The van der Waals surface area contributed by atoms with Gasteiger partial charge in [0.25, 0.3) is 0 Å². The average Bonchev–Trinajstić information content (AvgIpc) is 2.41. The lowest BCUT2D eigenvalue weighted by atomic mass is 10.3. The van der Waals surface area contributed by atoms with Crippen LogP contribution in [0.15, 0.2) is 12.4 Å². The molecule has 4 nitrogen and oxygen atoms in total. The van der Waals surface area contributed by atoms with Gasteiger partial charge in [-0.2, -0.15) is 0 Å². The first-order valence-corrected chi connectivity index (χ1v) is 3.35. The summed E-state index contributed by atoms with van der Waals surface area (Å²) in [5.74, 6) is 0. The molecule has 1 heterocycles. The third-order valence-electron chi connectivity index (χ3n) is 1.25. The van der Waals surface area contributed by atoms with Crippen LogP contribution in [-0.4, -0.2) is 21.6 Å². The van der Waals surface area contributed by atoms with Gasteiger partial charge in [-0.15, -0.1) is 5.10 Å². The molecule has 55 valence electrons. The van der Waals surface area contributed by atoms with Gasteiger partial charge in [-0.05, 0) is 12.8 Å². The predicted molar refractivity (Wildman–Crippen MR) is 34.8 cm³/mol. The second-order valence-electron chi connectivity index (χ2n) is 2.08. The Hall–Kier alpha value is -0.900. The van der Waals surface area contributed by atoms with Gasteiger partial charge in [-0.3, -0.25) is 4.68 Å². The molecule has 0 aliphatic carbocycles. The SMILES string of the molecule is [O]CCCCn1ccnn1. The summed E-state index contributed by atoms with van der Waals surface area (Å²) >= 11 is 0. The minimum Gasteiger partial charge on any atom is -0.253 e. The van der Waals surface area contributed by atoms with Crippen molar-refractivity contribution in [3.8, 4) is 0 Å².